The minimum atomic E-state index is -0.0780. The summed E-state index contributed by atoms with van der Waals surface area (Å²) in [5, 5.41) is 0. The van der Waals surface area contributed by atoms with E-state index in [1.807, 2.05) is 0 Å². The summed E-state index contributed by atoms with van der Waals surface area (Å²) in [6.45, 7) is 0. The molecule has 196 valence electrons. The average Bonchev–Trinajstić information content (AvgIpc) is 2.86. The molecule has 4 saturated carbocycles. The molecule has 4 heteroatoms. The van der Waals surface area contributed by atoms with Crippen molar-refractivity contribution in [3.8, 4) is 0 Å². The van der Waals surface area contributed by atoms with Gasteiger partial charge in [-0.05, 0) is 122 Å². The van der Waals surface area contributed by atoms with Crippen LogP contribution in [0.4, 0.5) is 0 Å². The van der Waals surface area contributed by atoms with Crippen molar-refractivity contribution in [2.75, 3.05) is 12.3 Å². The van der Waals surface area contributed by atoms with E-state index in [0.717, 1.165) is 0 Å². The minimum Gasteiger partial charge on any atom is -1.00 e. The molecule has 0 bridgehead atoms. The van der Waals surface area contributed by atoms with Crippen molar-refractivity contribution in [1.29, 1.82) is 0 Å². The third kappa shape index (κ3) is 10.2. The molecule has 0 heterocycles. The quantitative estimate of drug-likeness (QED) is 0.255. The monoisotopic (exact) mass is 624 g/mol. The number of hydrogen-bond donors (Lipinski definition) is 0. The van der Waals surface area contributed by atoms with Gasteiger partial charge in [-0.2, -0.15) is 0 Å². The van der Waals surface area contributed by atoms with Crippen LogP contribution in [0.1, 0.15) is 148 Å². The SMILES string of the molecule is C1CCC([PH+](CCCCC[PH+](C2CCCCC2)C2CCCCC2)C2CCCCC2)CC1.[Br-].[Br-]. The zero-order valence-electron chi connectivity index (χ0n) is 21.7. The van der Waals surface area contributed by atoms with Gasteiger partial charge in [0.1, 0.15) is 0 Å². The lowest BCUT2D eigenvalue weighted by Gasteiger charge is -2.33. The lowest BCUT2D eigenvalue weighted by molar-refractivity contribution is -0.001000. The molecule has 0 saturated heterocycles. The summed E-state index contributed by atoms with van der Waals surface area (Å²) < 4.78 is 0. The average molecular weight is 627 g/mol. The van der Waals surface area contributed by atoms with Crippen LogP contribution in [0.25, 0.3) is 0 Å². The maximum atomic E-state index is 1.70. The predicted molar refractivity (Wildman–Crippen MR) is 148 cm³/mol. The summed E-state index contributed by atoms with van der Waals surface area (Å²) in [5.74, 6) is 0. The molecule has 0 N–H and O–H groups in total. The van der Waals surface area contributed by atoms with Crippen molar-refractivity contribution >= 4 is 15.8 Å². The molecule has 0 unspecified atom stereocenters. The second-order valence-electron chi connectivity index (χ2n) is 12.1. The highest BCUT2D eigenvalue weighted by atomic mass is 79.9. The molecule has 33 heavy (non-hydrogen) atoms. The fourth-order valence-corrected chi connectivity index (χ4v) is 17.1. The van der Waals surface area contributed by atoms with Gasteiger partial charge in [0.15, 0.2) is 0 Å². The Bertz CT molecular complexity index is 386. The van der Waals surface area contributed by atoms with Gasteiger partial charge in [0, 0.05) is 15.8 Å². The Morgan fingerprint density at radius 3 is 0.818 bits per heavy atom. The number of halogens is 2. The van der Waals surface area contributed by atoms with Crippen LogP contribution in [0.5, 0.6) is 0 Å². The van der Waals surface area contributed by atoms with E-state index in [0.29, 0.717) is 0 Å². The fourth-order valence-electron chi connectivity index (χ4n) is 8.21. The number of unbranched alkanes of at least 4 members (excludes halogenated alkanes) is 2. The van der Waals surface area contributed by atoms with E-state index in [1.54, 1.807) is 160 Å². The highest BCUT2D eigenvalue weighted by Gasteiger charge is 2.38. The maximum absolute atomic E-state index is 1.70. The van der Waals surface area contributed by atoms with Crippen molar-refractivity contribution in [2.24, 2.45) is 0 Å². The van der Waals surface area contributed by atoms with Crippen LogP contribution in [0.3, 0.4) is 0 Å². The van der Waals surface area contributed by atoms with Gasteiger partial charge in [0.25, 0.3) is 0 Å². The molecule has 0 spiro atoms. The Labute approximate surface area is 231 Å². The maximum Gasteiger partial charge on any atom is 0.0678 e. The summed E-state index contributed by atoms with van der Waals surface area (Å²) in [6.07, 6.45) is 40.0. The molecule has 0 aromatic carbocycles. The first-order valence-corrected chi connectivity index (χ1v) is 18.9. The molecule has 0 aromatic heterocycles. The van der Waals surface area contributed by atoms with Gasteiger partial charge in [-0.15, -0.1) is 0 Å². The van der Waals surface area contributed by atoms with Gasteiger partial charge in [-0.25, -0.2) is 0 Å². The standard InChI is InChI=1S/C29H54P2.2BrH/c1-6-16-26(17-7-1)30(27-18-8-2-9-19-27)24-14-5-15-25-31(28-20-10-3-11-21-28)29-22-12-4-13-23-29;;/h26-29H,1-25H2;2*1H. The molecule has 0 amide bonds. The molecule has 0 aliphatic heterocycles. The lowest BCUT2D eigenvalue weighted by Crippen LogP contribution is -3.00. The van der Waals surface area contributed by atoms with Gasteiger partial charge in [0.05, 0.1) is 35.0 Å². The summed E-state index contributed by atoms with van der Waals surface area (Å²) in [4.78, 5) is 0. The van der Waals surface area contributed by atoms with Crippen molar-refractivity contribution in [1.82, 2.24) is 0 Å². The van der Waals surface area contributed by atoms with Gasteiger partial charge in [-0.1, -0.05) is 25.7 Å². The first kappa shape index (κ1) is 31.0. The van der Waals surface area contributed by atoms with Crippen LogP contribution in [0.2, 0.25) is 0 Å². The van der Waals surface area contributed by atoms with E-state index < -0.39 is 0 Å². The van der Waals surface area contributed by atoms with E-state index in [-0.39, 0.29) is 49.8 Å². The Morgan fingerprint density at radius 2 is 0.576 bits per heavy atom. The van der Waals surface area contributed by atoms with Crippen molar-refractivity contribution in [3.63, 3.8) is 0 Å². The van der Waals surface area contributed by atoms with Crippen LogP contribution < -0.4 is 34.0 Å². The van der Waals surface area contributed by atoms with E-state index >= 15 is 0 Å². The van der Waals surface area contributed by atoms with Gasteiger partial charge >= 0.3 is 0 Å². The van der Waals surface area contributed by atoms with Crippen LogP contribution in [0, 0.1) is 0 Å². The number of rotatable bonds is 10. The fraction of sp³-hybridized carbons (Fsp3) is 1.00. The molecule has 0 nitrogen and oxygen atoms in total. The van der Waals surface area contributed by atoms with Crippen molar-refractivity contribution < 1.29 is 34.0 Å². The van der Waals surface area contributed by atoms with Crippen LogP contribution in [0.15, 0.2) is 0 Å². The molecule has 0 aromatic rings. The molecular weight excluding hydrogens is 570 g/mol. The third-order valence-corrected chi connectivity index (χ3v) is 18.3. The first-order chi connectivity index (χ1) is 15.4. The zero-order chi connectivity index (χ0) is 21.1. The second kappa shape index (κ2) is 18.1. The zero-order valence-corrected chi connectivity index (χ0v) is 26.9. The summed E-state index contributed by atoms with van der Waals surface area (Å²) in [7, 11) is -0.156. The van der Waals surface area contributed by atoms with Crippen molar-refractivity contribution in [3.05, 3.63) is 0 Å². The molecule has 4 aliphatic rings. The minimum absolute atomic E-state index is 0. The Hall–Kier alpha value is 1.82. The van der Waals surface area contributed by atoms with E-state index in [4.69, 9.17) is 0 Å². The Balaban J connectivity index is 0.00000193. The number of hydrogen-bond acceptors (Lipinski definition) is 0. The van der Waals surface area contributed by atoms with E-state index in [1.165, 1.54) is 22.6 Å². The Kier molecular flexibility index (Phi) is 17.1. The summed E-state index contributed by atoms with van der Waals surface area (Å²) in [5.41, 5.74) is 4.86. The van der Waals surface area contributed by atoms with Crippen LogP contribution in [-0.4, -0.2) is 35.0 Å². The normalized spacial score (nSPS) is 24.5. The molecule has 4 aliphatic carbocycles. The van der Waals surface area contributed by atoms with Gasteiger partial charge in [-0.3, -0.25) is 0 Å². The first-order valence-electron chi connectivity index (χ1n) is 15.1. The third-order valence-electron chi connectivity index (χ3n) is 9.95. The second-order valence-corrected chi connectivity index (χ2v) is 18.6. The smallest absolute Gasteiger partial charge is 0.0678 e. The molecule has 4 fully saturated rings. The predicted octanol–water partition coefficient (Wildman–Crippen LogP) is 3.92. The van der Waals surface area contributed by atoms with Gasteiger partial charge in [0.2, 0.25) is 0 Å². The molecule has 4 rings (SSSR count). The van der Waals surface area contributed by atoms with E-state index in [2.05, 4.69) is 0 Å². The Morgan fingerprint density at radius 1 is 0.333 bits per heavy atom. The van der Waals surface area contributed by atoms with Crippen molar-refractivity contribution in [2.45, 2.75) is 170 Å². The van der Waals surface area contributed by atoms with E-state index in [9.17, 15) is 0 Å². The molecule has 0 atom stereocenters. The largest absolute Gasteiger partial charge is 1.00 e. The molecular formula is C29H56Br2P2. The highest BCUT2D eigenvalue weighted by molar-refractivity contribution is 7.59. The highest BCUT2D eigenvalue weighted by Crippen LogP contribution is 2.57. The summed E-state index contributed by atoms with van der Waals surface area (Å²) in [6, 6.07) is 0. The van der Waals surface area contributed by atoms with Gasteiger partial charge < -0.3 is 34.0 Å². The lowest BCUT2D eigenvalue weighted by atomic mass is 9.99. The molecule has 0 radical (unpaired) electrons. The topological polar surface area (TPSA) is 0 Å². The van der Waals surface area contributed by atoms with Crippen LogP contribution >= 0.6 is 15.8 Å². The van der Waals surface area contributed by atoms with Crippen LogP contribution in [-0.2, 0) is 0 Å². The summed E-state index contributed by atoms with van der Waals surface area (Å²) >= 11 is 0.